The summed E-state index contributed by atoms with van der Waals surface area (Å²) >= 11 is 0. The Balaban J connectivity index is 2.19. The lowest BCUT2D eigenvalue weighted by Gasteiger charge is -2.08. The molecule has 0 saturated carbocycles. The number of ether oxygens (including phenoxy) is 1. The van der Waals surface area contributed by atoms with Crippen LogP contribution in [0.3, 0.4) is 0 Å². The van der Waals surface area contributed by atoms with E-state index in [0.717, 1.165) is 0 Å². The number of anilines is 2. The Morgan fingerprint density at radius 1 is 1.17 bits per heavy atom. The van der Waals surface area contributed by atoms with Crippen LogP contribution in [0.25, 0.3) is 0 Å². The molecule has 0 aliphatic heterocycles. The first-order valence-electron chi connectivity index (χ1n) is 5.50. The second-order valence-electron chi connectivity index (χ2n) is 3.77. The molecule has 0 radical (unpaired) electrons. The molecule has 0 bridgehead atoms. The Kier molecular flexibility index (Phi) is 3.48. The summed E-state index contributed by atoms with van der Waals surface area (Å²) in [6.07, 6.45) is 0. The first kappa shape index (κ1) is 12.0. The Morgan fingerprint density at radius 3 is 2.67 bits per heavy atom. The number of carbonyl (C=O) groups excluding carboxylic acids is 1. The second kappa shape index (κ2) is 5.23. The maximum absolute atomic E-state index is 12.0. The average molecular weight is 242 g/mol. The molecule has 0 aliphatic carbocycles. The third-order valence-corrected chi connectivity index (χ3v) is 2.53. The summed E-state index contributed by atoms with van der Waals surface area (Å²) in [5.41, 5.74) is 7.33. The zero-order valence-corrected chi connectivity index (χ0v) is 10.0. The van der Waals surface area contributed by atoms with Crippen molar-refractivity contribution >= 4 is 17.3 Å². The lowest BCUT2D eigenvalue weighted by Crippen LogP contribution is -2.13. The normalized spacial score (nSPS) is 9.83. The van der Waals surface area contributed by atoms with Crippen molar-refractivity contribution in [3.05, 3.63) is 54.1 Å². The van der Waals surface area contributed by atoms with Crippen molar-refractivity contribution in [1.29, 1.82) is 0 Å². The van der Waals surface area contributed by atoms with Gasteiger partial charge in [0.05, 0.1) is 12.7 Å². The van der Waals surface area contributed by atoms with E-state index < -0.39 is 0 Å². The highest BCUT2D eigenvalue weighted by Crippen LogP contribution is 2.18. The molecule has 2 aromatic carbocycles. The van der Waals surface area contributed by atoms with Gasteiger partial charge in [-0.3, -0.25) is 4.79 Å². The van der Waals surface area contributed by atoms with Crippen LogP contribution in [0.4, 0.5) is 11.4 Å². The highest BCUT2D eigenvalue weighted by Gasteiger charge is 2.09. The van der Waals surface area contributed by atoms with Gasteiger partial charge in [-0.25, -0.2) is 0 Å². The minimum atomic E-state index is -0.235. The number of methoxy groups -OCH3 is 1. The fourth-order valence-corrected chi connectivity index (χ4v) is 1.60. The molecule has 0 saturated heterocycles. The van der Waals surface area contributed by atoms with Gasteiger partial charge in [0.2, 0.25) is 0 Å². The van der Waals surface area contributed by atoms with Gasteiger partial charge in [-0.05, 0) is 24.3 Å². The van der Waals surface area contributed by atoms with Crippen molar-refractivity contribution in [3.63, 3.8) is 0 Å². The zero-order valence-electron chi connectivity index (χ0n) is 10.0. The molecule has 0 atom stereocenters. The van der Waals surface area contributed by atoms with Crippen LogP contribution in [0, 0.1) is 0 Å². The molecule has 0 aromatic heterocycles. The first-order valence-corrected chi connectivity index (χ1v) is 5.50. The van der Waals surface area contributed by atoms with E-state index in [2.05, 4.69) is 5.32 Å². The van der Waals surface area contributed by atoms with Crippen LogP contribution in [-0.2, 0) is 0 Å². The largest absolute Gasteiger partial charge is 0.497 e. The van der Waals surface area contributed by atoms with Gasteiger partial charge in [-0.2, -0.15) is 0 Å². The molecule has 3 N–H and O–H groups in total. The van der Waals surface area contributed by atoms with Crippen LogP contribution in [-0.4, -0.2) is 13.0 Å². The third kappa shape index (κ3) is 2.60. The molecular formula is C14H14N2O2. The maximum atomic E-state index is 12.0. The number of rotatable bonds is 3. The van der Waals surface area contributed by atoms with Gasteiger partial charge in [0.15, 0.2) is 0 Å². The zero-order chi connectivity index (χ0) is 13.0. The molecular weight excluding hydrogens is 228 g/mol. The van der Waals surface area contributed by atoms with Crippen molar-refractivity contribution in [2.75, 3.05) is 18.2 Å². The monoisotopic (exact) mass is 242 g/mol. The number of hydrogen-bond donors (Lipinski definition) is 2. The minimum Gasteiger partial charge on any atom is -0.497 e. The van der Waals surface area contributed by atoms with E-state index >= 15 is 0 Å². The number of nitrogens with two attached hydrogens (primary N) is 1. The summed E-state index contributed by atoms with van der Waals surface area (Å²) in [4.78, 5) is 12.0. The number of nitrogen functional groups attached to an aromatic ring is 1. The number of nitrogens with one attached hydrogen (secondary N) is 1. The highest BCUT2D eigenvalue weighted by molar-refractivity contribution is 6.07. The van der Waals surface area contributed by atoms with Crippen LogP contribution < -0.4 is 15.8 Å². The van der Waals surface area contributed by atoms with Crippen LogP contribution in [0.2, 0.25) is 0 Å². The minimum absolute atomic E-state index is 0.235. The number of hydrogen-bond acceptors (Lipinski definition) is 3. The molecule has 0 aliphatic rings. The van der Waals surface area contributed by atoms with Gasteiger partial charge in [0.1, 0.15) is 5.75 Å². The fraction of sp³-hybridized carbons (Fsp3) is 0.0714. The quantitative estimate of drug-likeness (QED) is 0.813. The third-order valence-electron chi connectivity index (χ3n) is 2.53. The van der Waals surface area contributed by atoms with E-state index in [-0.39, 0.29) is 5.91 Å². The van der Waals surface area contributed by atoms with Crippen LogP contribution in [0.15, 0.2) is 48.5 Å². The molecule has 1 amide bonds. The Bertz CT molecular complexity index is 567. The molecule has 0 spiro atoms. The van der Waals surface area contributed by atoms with E-state index in [1.165, 1.54) is 0 Å². The van der Waals surface area contributed by atoms with E-state index in [0.29, 0.717) is 22.7 Å². The summed E-state index contributed by atoms with van der Waals surface area (Å²) in [6, 6.07) is 14.1. The van der Waals surface area contributed by atoms with Crippen LogP contribution in [0.5, 0.6) is 5.75 Å². The predicted molar refractivity (Wildman–Crippen MR) is 71.8 cm³/mol. The second-order valence-corrected chi connectivity index (χ2v) is 3.77. The molecule has 0 fully saturated rings. The van der Waals surface area contributed by atoms with E-state index in [1.54, 1.807) is 43.5 Å². The first-order chi connectivity index (χ1) is 8.70. The smallest absolute Gasteiger partial charge is 0.257 e. The molecule has 18 heavy (non-hydrogen) atoms. The average Bonchev–Trinajstić information content (AvgIpc) is 2.39. The molecule has 4 heteroatoms. The number of benzene rings is 2. The molecule has 0 heterocycles. The summed E-state index contributed by atoms with van der Waals surface area (Å²) in [5, 5.41) is 2.77. The van der Waals surface area contributed by atoms with E-state index in [9.17, 15) is 4.79 Å². The van der Waals surface area contributed by atoms with E-state index in [4.69, 9.17) is 10.5 Å². The number of amides is 1. The molecule has 4 nitrogen and oxygen atoms in total. The summed E-state index contributed by atoms with van der Waals surface area (Å²) in [6.45, 7) is 0. The lowest BCUT2D eigenvalue weighted by molar-refractivity contribution is 0.102. The summed E-state index contributed by atoms with van der Waals surface area (Å²) in [5.74, 6) is 0.454. The molecule has 2 aromatic rings. The van der Waals surface area contributed by atoms with Crippen molar-refractivity contribution < 1.29 is 9.53 Å². The van der Waals surface area contributed by atoms with Gasteiger partial charge in [0.25, 0.3) is 5.91 Å². The number of carbonyl (C=O) groups is 1. The van der Waals surface area contributed by atoms with Gasteiger partial charge in [0, 0.05) is 17.4 Å². The molecule has 2 rings (SSSR count). The summed E-state index contributed by atoms with van der Waals surface area (Å²) < 4.78 is 5.09. The molecule has 0 unspecified atom stereocenters. The van der Waals surface area contributed by atoms with Gasteiger partial charge in [-0.15, -0.1) is 0 Å². The SMILES string of the molecule is COc1cccc(NC(=O)c2ccccc2N)c1. The topological polar surface area (TPSA) is 64.3 Å². The number of para-hydroxylation sites is 1. The van der Waals surface area contributed by atoms with Crippen molar-refractivity contribution in [3.8, 4) is 5.75 Å². The van der Waals surface area contributed by atoms with Crippen molar-refractivity contribution in [2.45, 2.75) is 0 Å². The highest BCUT2D eigenvalue weighted by atomic mass is 16.5. The van der Waals surface area contributed by atoms with Gasteiger partial charge < -0.3 is 15.8 Å². The van der Waals surface area contributed by atoms with Crippen LogP contribution in [0.1, 0.15) is 10.4 Å². The van der Waals surface area contributed by atoms with Gasteiger partial charge in [-0.1, -0.05) is 18.2 Å². The Labute approximate surface area is 105 Å². The fourth-order valence-electron chi connectivity index (χ4n) is 1.60. The Hall–Kier alpha value is -2.49. The molecule has 92 valence electrons. The van der Waals surface area contributed by atoms with E-state index in [1.807, 2.05) is 12.1 Å². The lowest BCUT2D eigenvalue weighted by atomic mass is 10.1. The summed E-state index contributed by atoms with van der Waals surface area (Å²) in [7, 11) is 1.58. The van der Waals surface area contributed by atoms with Crippen molar-refractivity contribution in [2.24, 2.45) is 0 Å². The van der Waals surface area contributed by atoms with Crippen molar-refractivity contribution in [1.82, 2.24) is 0 Å². The standard InChI is InChI=1S/C14H14N2O2/c1-18-11-6-4-5-10(9-11)16-14(17)12-7-2-3-8-13(12)15/h2-9H,15H2,1H3,(H,16,17). The van der Waals surface area contributed by atoms with Gasteiger partial charge >= 0.3 is 0 Å². The maximum Gasteiger partial charge on any atom is 0.257 e. The predicted octanol–water partition coefficient (Wildman–Crippen LogP) is 2.53. The Morgan fingerprint density at radius 2 is 1.94 bits per heavy atom. The van der Waals surface area contributed by atoms with Crippen LogP contribution >= 0.6 is 0 Å².